The zero-order valence-electron chi connectivity index (χ0n) is 19.3. The number of hydrogen-bond donors (Lipinski definition) is 2. The Labute approximate surface area is 212 Å². The Morgan fingerprint density at radius 1 is 1.00 bits per heavy atom. The van der Waals surface area contributed by atoms with Crippen molar-refractivity contribution < 1.29 is 18.8 Å². The SMILES string of the molecule is CC(C)(C)c1cc(NC(=O)Nc2cccc(Sc3ncnc4cc5c(cc34)OCCO5)c2)no1.Cl. The maximum absolute atomic E-state index is 12.5. The Balaban J connectivity index is 0.00000289. The van der Waals surface area contributed by atoms with Crippen LogP contribution in [0.4, 0.5) is 16.3 Å². The maximum atomic E-state index is 12.5. The van der Waals surface area contributed by atoms with E-state index in [1.807, 2.05) is 57.2 Å². The van der Waals surface area contributed by atoms with E-state index in [9.17, 15) is 4.79 Å². The predicted molar refractivity (Wildman–Crippen MR) is 136 cm³/mol. The van der Waals surface area contributed by atoms with Gasteiger partial charge >= 0.3 is 6.03 Å². The molecule has 5 rings (SSSR count). The standard InChI is InChI=1S/C24H23N5O4S.ClH/c1-24(2,3)20-12-21(29-33-20)28-23(30)27-14-5-4-6-15(9-14)34-22-16-10-18-19(32-8-7-31-18)11-17(16)25-13-26-22;/h4-6,9-13H,7-8H2,1-3H3,(H2,27,28,29,30);1H. The van der Waals surface area contributed by atoms with E-state index in [1.54, 1.807) is 6.07 Å². The predicted octanol–water partition coefficient (Wildman–Crippen LogP) is 5.90. The van der Waals surface area contributed by atoms with E-state index in [1.165, 1.54) is 18.1 Å². The number of carbonyl (C=O) groups excluding carboxylic acids is 1. The van der Waals surface area contributed by atoms with Crippen LogP contribution in [-0.2, 0) is 5.41 Å². The van der Waals surface area contributed by atoms with E-state index in [0.29, 0.717) is 42.0 Å². The number of amides is 2. The molecule has 0 spiro atoms. The lowest BCUT2D eigenvalue weighted by Crippen LogP contribution is -2.19. The van der Waals surface area contributed by atoms with Crippen LogP contribution in [0.1, 0.15) is 26.5 Å². The topological polar surface area (TPSA) is 111 Å². The van der Waals surface area contributed by atoms with Gasteiger partial charge in [0.25, 0.3) is 0 Å². The first-order chi connectivity index (χ1) is 16.3. The molecule has 2 aromatic heterocycles. The van der Waals surface area contributed by atoms with Gasteiger partial charge < -0.3 is 19.3 Å². The molecule has 3 heterocycles. The normalized spacial score (nSPS) is 12.7. The van der Waals surface area contributed by atoms with Crippen LogP contribution in [0.3, 0.4) is 0 Å². The van der Waals surface area contributed by atoms with Crippen LogP contribution < -0.4 is 20.1 Å². The van der Waals surface area contributed by atoms with E-state index in [-0.39, 0.29) is 17.8 Å². The molecule has 182 valence electrons. The van der Waals surface area contributed by atoms with E-state index in [2.05, 4.69) is 25.8 Å². The molecule has 0 aliphatic carbocycles. The molecule has 9 nitrogen and oxygen atoms in total. The number of hydrogen-bond acceptors (Lipinski definition) is 8. The molecule has 2 aromatic carbocycles. The van der Waals surface area contributed by atoms with Crippen molar-refractivity contribution in [1.82, 2.24) is 15.1 Å². The number of halogens is 1. The summed E-state index contributed by atoms with van der Waals surface area (Å²) < 4.78 is 16.7. The fraction of sp³-hybridized carbons (Fsp3) is 0.250. The van der Waals surface area contributed by atoms with Crippen molar-refractivity contribution in [1.29, 1.82) is 0 Å². The smallest absolute Gasteiger partial charge is 0.324 e. The Bertz CT molecular complexity index is 1370. The van der Waals surface area contributed by atoms with Crippen LogP contribution in [0.15, 0.2) is 63.2 Å². The molecule has 0 saturated heterocycles. The number of aromatic nitrogens is 3. The number of urea groups is 1. The van der Waals surface area contributed by atoms with E-state index in [0.717, 1.165) is 20.8 Å². The summed E-state index contributed by atoms with van der Waals surface area (Å²) in [6, 6.07) is 12.6. The minimum atomic E-state index is -0.410. The van der Waals surface area contributed by atoms with Gasteiger partial charge in [0.1, 0.15) is 30.3 Å². The molecule has 0 bridgehead atoms. The first kappa shape index (κ1) is 24.6. The molecule has 0 fully saturated rings. The first-order valence-electron chi connectivity index (χ1n) is 10.7. The Morgan fingerprint density at radius 3 is 2.51 bits per heavy atom. The lowest BCUT2D eigenvalue weighted by Gasteiger charge is -2.19. The number of ether oxygens (including phenoxy) is 2. The second-order valence-electron chi connectivity index (χ2n) is 8.73. The Morgan fingerprint density at radius 2 is 1.77 bits per heavy atom. The molecular formula is C24H24ClN5O4S. The molecule has 4 aromatic rings. The third-order valence-corrected chi connectivity index (χ3v) is 6.07. The molecule has 1 aliphatic heterocycles. The largest absolute Gasteiger partial charge is 0.486 e. The summed E-state index contributed by atoms with van der Waals surface area (Å²) in [6.45, 7) is 7.06. The van der Waals surface area contributed by atoms with Crippen molar-refractivity contribution in [3.05, 3.63) is 54.6 Å². The molecule has 0 atom stereocenters. The van der Waals surface area contributed by atoms with Crippen molar-refractivity contribution >= 4 is 52.6 Å². The summed E-state index contributed by atoms with van der Waals surface area (Å²) in [5.41, 5.74) is 1.21. The fourth-order valence-electron chi connectivity index (χ4n) is 3.37. The summed E-state index contributed by atoms with van der Waals surface area (Å²) in [4.78, 5) is 22.2. The summed E-state index contributed by atoms with van der Waals surface area (Å²) in [7, 11) is 0. The van der Waals surface area contributed by atoms with Gasteiger partial charge in [-0.15, -0.1) is 12.4 Å². The van der Waals surface area contributed by atoms with Crippen LogP contribution in [0.2, 0.25) is 0 Å². The van der Waals surface area contributed by atoms with Gasteiger partial charge in [-0.2, -0.15) is 0 Å². The highest BCUT2D eigenvalue weighted by Crippen LogP contribution is 2.38. The lowest BCUT2D eigenvalue weighted by atomic mass is 9.93. The summed E-state index contributed by atoms with van der Waals surface area (Å²) in [5, 5.41) is 11.1. The van der Waals surface area contributed by atoms with Crippen LogP contribution in [0.5, 0.6) is 11.5 Å². The van der Waals surface area contributed by atoms with Crippen LogP contribution in [0, 0.1) is 0 Å². The summed E-state index contributed by atoms with van der Waals surface area (Å²) in [6.07, 6.45) is 1.53. The molecule has 2 N–H and O–H groups in total. The van der Waals surface area contributed by atoms with Gasteiger partial charge in [0.15, 0.2) is 17.3 Å². The van der Waals surface area contributed by atoms with Gasteiger partial charge in [-0.25, -0.2) is 14.8 Å². The maximum Gasteiger partial charge on any atom is 0.324 e. The summed E-state index contributed by atoms with van der Waals surface area (Å²) in [5.74, 6) is 2.42. The number of nitrogens with zero attached hydrogens (tertiary/aromatic N) is 3. The number of nitrogens with one attached hydrogen (secondary N) is 2. The van der Waals surface area contributed by atoms with E-state index >= 15 is 0 Å². The Hall–Kier alpha value is -3.50. The average Bonchev–Trinajstić information content (AvgIpc) is 3.27. The van der Waals surface area contributed by atoms with Crippen molar-refractivity contribution in [3.8, 4) is 11.5 Å². The molecule has 0 radical (unpaired) electrons. The second-order valence-corrected chi connectivity index (χ2v) is 9.79. The van der Waals surface area contributed by atoms with E-state index in [4.69, 9.17) is 14.0 Å². The summed E-state index contributed by atoms with van der Waals surface area (Å²) >= 11 is 1.47. The molecule has 0 saturated carbocycles. The monoisotopic (exact) mass is 513 g/mol. The van der Waals surface area contributed by atoms with Crippen molar-refractivity contribution in [2.24, 2.45) is 0 Å². The fourth-order valence-corrected chi connectivity index (χ4v) is 4.29. The third-order valence-electron chi connectivity index (χ3n) is 5.06. The number of anilines is 2. The van der Waals surface area contributed by atoms with Gasteiger partial charge in [-0.3, -0.25) is 5.32 Å². The average molecular weight is 514 g/mol. The van der Waals surface area contributed by atoms with E-state index < -0.39 is 6.03 Å². The molecular weight excluding hydrogens is 490 g/mol. The number of rotatable bonds is 4. The molecule has 0 unspecified atom stereocenters. The highest BCUT2D eigenvalue weighted by molar-refractivity contribution is 7.99. The van der Waals surface area contributed by atoms with Crippen molar-refractivity contribution in [3.63, 3.8) is 0 Å². The van der Waals surface area contributed by atoms with Crippen molar-refractivity contribution in [2.75, 3.05) is 23.8 Å². The van der Waals surface area contributed by atoms with Crippen LogP contribution in [0.25, 0.3) is 10.9 Å². The van der Waals surface area contributed by atoms with Gasteiger partial charge in [0, 0.05) is 33.5 Å². The van der Waals surface area contributed by atoms with Gasteiger partial charge in [-0.1, -0.05) is 43.8 Å². The van der Waals surface area contributed by atoms with Crippen LogP contribution in [-0.4, -0.2) is 34.4 Å². The number of benzene rings is 2. The highest BCUT2D eigenvalue weighted by Gasteiger charge is 2.20. The van der Waals surface area contributed by atoms with Crippen LogP contribution >= 0.6 is 24.2 Å². The van der Waals surface area contributed by atoms with Crippen molar-refractivity contribution in [2.45, 2.75) is 36.1 Å². The lowest BCUT2D eigenvalue weighted by molar-refractivity contribution is 0.172. The number of carbonyl (C=O) groups is 1. The minimum Gasteiger partial charge on any atom is -0.486 e. The Kier molecular flexibility index (Phi) is 7.04. The van der Waals surface area contributed by atoms with Gasteiger partial charge in [-0.05, 0) is 24.3 Å². The zero-order chi connectivity index (χ0) is 23.7. The third kappa shape index (κ3) is 5.60. The minimum absolute atomic E-state index is 0. The highest BCUT2D eigenvalue weighted by atomic mass is 35.5. The number of fused-ring (bicyclic) bond motifs is 2. The second kappa shape index (κ2) is 10.0. The van der Waals surface area contributed by atoms with Gasteiger partial charge in [0.05, 0.1) is 5.52 Å². The molecule has 35 heavy (non-hydrogen) atoms. The zero-order valence-corrected chi connectivity index (χ0v) is 21.0. The first-order valence-corrected chi connectivity index (χ1v) is 11.5. The quantitative estimate of drug-likeness (QED) is 0.324. The molecule has 1 aliphatic rings. The van der Waals surface area contributed by atoms with Gasteiger partial charge in [0.2, 0.25) is 0 Å². The molecule has 11 heteroatoms. The molecule has 2 amide bonds.